The fraction of sp³-hybridized carbons (Fsp3) is 0.136. The molecular formula is C22H19N3OS. The Balaban J connectivity index is 1.87. The highest BCUT2D eigenvalue weighted by atomic mass is 32.2. The number of aryl methyl sites for hydroxylation is 2. The van der Waals surface area contributed by atoms with Gasteiger partial charge in [0.1, 0.15) is 10.8 Å². The first kappa shape index (κ1) is 17.5. The second kappa shape index (κ2) is 7.37. The number of hydrogen-bond donors (Lipinski definition) is 0. The Morgan fingerprint density at radius 2 is 1.56 bits per heavy atom. The molecule has 27 heavy (non-hydrogen) atoms. The molecule has 0 radical (unpaired) electrons. The van der Waals surface area contributed by atoms with Gasteiger partial charge in [0.2, 0.25) is 0 Å². The van der Waals surface area contributed by atoms with Crippen molar-refractivity contribution in [2.45, 2.75) is 24.0 Å². The molecule has 0 aliphatic heterocycles. The summed E-state index contributed by atoms with van der Waals surface area (Å²) in [6.07, 6.45) is 0. The van der Waals surface area contributed by atoms with E-state index in [1.54, 1.807) is 7.11 Å². The van der Waals surface area contributed by atoms with Crippen LogP contribution in [0.25, 0.3) is 22.0 Å². The second-order valence-electron chi connectivity index (χ2n) is 6.29. The van der Waals surface area contributed by atoms with E-state index in [2.05, 4.69) is 34.2 Å². The quantitative estimate of drug-likeness (QED) is 0.444. The van der Waals surface area contributed by atoms with Crippen molar-refractivity contribution in [3.63, 3.8) is 0 Å². The van der Waals surface area contributed by atoms with Crippen molar-refractivity contribution >= 4 is 22.7 Å². The predicted octanol–water partition coefficient (Wildman–Crippen LogP) is 5.47. The third-order valence-electron chi connectivity index (χ3n) is 4.24. The zero-order valence-electron chi connectivity index (χ0n) is 15.4. The molecule has 0 saturated carbocycles. The number of nitrogens with zero attached hydrogens (tertiary/aromatic N) is 3. The second-order valence-corrected chi connectivity index (χ2v) is 7.28. The highest BCUT2D eigenvalue weighted by Gasteiger charge is 2.11. The average Bonchev–Trinajstić information content (AvgIpc) is 2.66. The molecule has 0 unspecified atom stereocenters. The van der Waals surface area contributed by atoms with Crippen LogP contribution >= 0.6 is 11.8 Å². The SMILES string of the molecule is COc1ccc2c(-c3ccccc3)cc(Sc3nc(C)cc(C)n3)nc2c1. The minimum absolute atomic E-state index is 0.709. The van der Waals surface area contributed by atoms with Gasteiger partial charge in [-0.3, -0.25) is 0 Å². The maximum atomic E-state index is 5.39. The van der Waals surface area contributed by atoms with E-state index in [0.717, 1.165) is 44.2 Å². The molecule has 4 nitrogen and oxygen atoms in total. The minimum atomic E-state index is 0.709. The molecule has 0 bridgehead atoms. The van der Waals surface area contributed by atoms with Gasteiger partial charge in [0.05, 0.1) is 12.6 Å². The van der Waals surface area contributed by atoms with E-state index in [1.807, 2.05) is 50.2 Å². The fourth-order valence-corrected chi connectivity index (χ4v) is 3.94. The van der Waals surface area contributed by atoms with Crippen LogP contribution in [0.4, 0.5) is 0 Å². The van der Waals surface area contributed by atoms with Gasteiger partial charge >= 0.3 is 0 Å². The molecule has 2 aromatic heterocycles. The summed E-state index contributed by atoms with van der Waals surface area (Å²) in [6, 6.07) is 20.4. The number of hydrogen-bond acceptors (Lipinski definition) is 5. The Kier molecular flexibility index (Phi) is 4.77. The van der Waals surface area contributed by atoms with E-state index < -0.39 is 0 Å². The molecule has 134 valence electrons. The Morgan fingerprint density at radius 3 is 2.26 bits per heavy atom. The van der Waals surface area contributed by atoms with Crippen molar-refractivity contribution in [1.82, 2.24) is 15.0 Å². The lowest BCUT2D eigenvalue weighted by Crippen LogP contribution is -1.94. The summed E-state index contributed by atoms with van der Waals surface area (Å²) in [7, 11) is 1.67. The summed E-state index contributed by atoms with van der Waals surface area (Å²) in [5, 5.41) is 2.66. The van der Waals surface area contributed by atoms with E-state index >= 15 is 0 Å². The van der Waals surface area contributed by atoms with Crippen LogP contribution in [0.3, 0.4) is 0 Å². The Bertz CT molecular complexity index is 1090. The monoisotopic (exact) mass is 373 g/mol. The van der Waals surface area contributed by atoms with Gasteiger partial charge < -0.3 is 4.74 Å². The molecular weight excluding hydrogens is 354 g/mol. The van der Waals surface area contributed by atoms with E-state index in [4.69, 9.17) is 9.72 Å². The van der Waals surface area contributed by atoms with Crippen LogP contribution in [0.15, 0.2) is 70.8 Å². The predicted molar refractivity (Wildman–Crippen MR) is 109 cm³/mol. The van der Waals surface area contributed by atoms with Crippen LogP contribution in [0.5, 0.6) is 5.75 Å². The molecule has 0 fully saturated rings. The molecule has 0 spiro atoms. The number of pyridine rings is 1. The van der Waals surface area contributed by atoms with Crippen LogP contribution in [0.1, 0.15) is 11.4 Å². The summed E-state index contributed by atoms with van der Waals surface area (Å²) < 4.78 is 5.39. The standard InChI is InChI=1S/C22H19N3OS/c1-14-11-15(2)24-22(23-14)27-21-13-19(16-7-5-4-6-8-16)18-10-9-17(26-3)12-20(18)25-21/h4-13H,1-3H3. The third kappa shape index (κ3) is 3.78. The molecule has 0 aliphatic carbocycles. The first-order valence-electron chi connectivity index (χ1n) is 8.67. The first-order valence-corrected chi connectivity index (χ1v) is 9.48. The van der Waals surface area contributed by atoms with Crippen LogP contribution in [-0.2, 0) is 0 Å². The van der Waals surface area contributed by atoms with E-state index in [9.17, 15) is 0 Å². The number of ether oxygens (including phenoxy) is 1. The summed E-state index contributed by atoms with van der Waals surface area (Å²) in [6.45, 7) is 3.96. The van der Waals surface area contributed by atoms with Crippen molar-refractivity contribution in [3.8, 4) is 16.9 Å². The molecule has 2 heterocycles. The maximum absolute atomic E-state index is 5.39. The first-order chi connectivity index (χ1) is 13.1. The zero-order chi connectivity index (χ0) is 18.8. The van der Waals surface area contributed by atoms with Gasteiger partial charge in [-0.25, -0.2) is 15.0 Å². The molecule has 4 rings (SSSR count). The lowest BCUT2D eigenvalue weighted by molar-refractivity contribution is 0.415. The molecule has 0 amide bonds. The smallest absolute Gasteiger partial charge is 0.194 e. The number of fused-ring (bicyclic) bond motifs is 1. The van der Waals surface area contributed by atoms with Crippen LogP contribution in [0.2, 0.25) is 0 Å². The molecule has 2 aromatic carbocycles. The normalized spacial score (nSPS) is 10.9. The number of rotatable bonds is 4. The van der Waals surface area contributed by atoms with Crippen LogP contribution in [0, 0.1) is 13.8 Å². The zero-order valence-corrected chi connectivity index (χ0v) is 16.2. The van der Waals surface area contributed by atoms with Gasteiger partial charge in [0, 0.05) is 22.8 Å². The lowest BCUT2D eigenvalue weighted by atomic mass is 10.0. The topological polar surface area (TPSA) is 47.9 Å². The van der Waals surface area contributed by atoms with Gasteiger partial charge in [0.15, 0.2) is 5.16 Å². The summed E-state index contributed by atoms with van der Waals surface area (Å²) in [5.41, 5.74) is 5.09. The van der Waals surface area contributed by atoms with Crippen molar-refractivity contribution in [2.75, 3.05) is 7.11 Å². The molecule has 4 aromatic rings. The fourth-order valence-electron chi connectivity index (χ4n) is 3.05. The molecule has 0 atom stereocenters. The Hall–Kier alpha value is -2.92. The van der Waals surface area contributed by atoms with Gasteiger partial charge in [-0.05, 0) is 61.0 Å². The molecule has 0 N–H and O–H groups in total. The van der Waals surface area contributed by atoms with Crippen molar-refractivity contribution < 1.29 is 4.74 Å². The maximum Gasteiger partial charge on any atom is 0.194 e. The summed E-state index contributed by atoms with van der Waals surface area (Å²) in [4.78, 5) is 13.9. The molecule has 0 aliphatic rings. The van der Waals surface area contributed by atoms with Crippen molar-refractivity contribution in [3.05, 3.63) is 72.1 Å². The Labute approximate surface area is 162 Å². The van der Waals surface area contributed by atoms with Gasteiger partial charge in [-0.1, -0.05) is 30.3 Å². The van der Waals surface area contributed by atoms with Crippen LogP contribution in [-0.4, -0.2) is 22.1 Å². The van der Waals surface area contributed by atoms with Crippen LogP contribution < -0.4 is 4.74 Å². The number of aromatic nitrogens is 3. The minimum Gasteiger partial charge on any atom is -0.497 e. The largest absolute Gasteiger partial charge is 0.497 e. The van der Waals surface area contributed by atoms with E-state index in [-0.39, 0.29) is 0 Å². The molecule has 5 heteroatoms. The summed E-state index contributed by atoms with van der Waals surface area (Å²) >= 11 is 1.48. The summed E-state index contributed by atoms with van der Waals surface area (Å²) in [5.74, 6) is 0.791. The van der Waals surface area contributed by atoms with E-state index in [1.165, 1.54) is 11.8 Å². The third-order valence-corrected chi connectivity index (χ3v) is 5.02. The van der Waals surface area contributed by atoms with Gasteiger partial charge in [-0.15, -0.1) is 0 Å². The van der Waals surface area contributed by atoms with Crippen molar-refractivity contribution in [1.29, 1.82) is 0 Å². The lowest BCUT2D eigenvalue weighted by Gasteiger charge is -2.11. The van der Waals surface area contributed by atoms with Crippen molar-refractivity contribution in [2.24, 2.45) is 0 Å². The number of benzene rings is 2. The highest BCUT2D eigenvalue weighted by molar-refractivity contribution is 7.99. The van der Waals surface area contributed by atoms with E-state index in [0.29, 0.717) is 5.16 Å². The Morgan fingerprint density at radius 1 is 0.815 bits per heavy atom. The highest BCUT2D eigenvalue weighted by Crippen LogP contribution is 2.34. The van der Waals surface area contributed by atoms with Gasteiger partial charge in [0.25, 0.3) is 0 Å². The molecule has 0 saturated heterocycles. The van der Waals surface area contributed by atoms with Gasteiger partial charge in [-0.2, -0.15) is 0 Å². The number of methoxy groups -OCH3 is 1. The average molecular weight is 373 g/mol.